The predicted octanol–water partition coefficient (Wildman–Crippen LogP) is 3.57. The Kier molecular flexibility index (Phi) is 7.18. The summed E-state index contributed by atoms with van der Waals surface area (Å²) in [4.78, 5) is 17.3. The van der Waals surface area contributed by atoms with Crippen LogP contribution in [0.4, 0.5) is 5.69 Å². The molecule has 1 saturated heterocycles. The quantitative estimate of drug-likeness (QED) is 0.770. The summed E-state index contributed by atoms with van der Waals surface area (Å²) in [5.74, 6) is 0.397. The number of halogens is 1. The Morgan fingerprint density at radius 3 is 2.43 bits per heavy atom. The molecule has 1 fully saturated rings. The highest BCUT2D eigenvalue weighted by molar-refractivity contribution is 6.32. The zero-order chi connectivity index (χ0) is 19.9. The van der Waals surface area contributed by atoms with Gasteiger partial charge in [0.2, 0.25) is 0 Å². The maximum atomic E-state index is 12.5. The van der Waals surface area contributed by atoms with E-state index in [2.05, 4.69) is 46.4 Å². The van der Waals surface area contributed by atoms with E-state index in [1.807, 2.05) is 19.1 Å². The summed E-state index contributed by atoms with van der Waals surface area (Å²) >= 11 is 6.13. The molecule has 3 rings (SSSR count). The average molecular weight is 402 g/mol. The van der Waals surface area contributed by atoms with Gasteiger partial charge in [0.05, 0.1) is 5.02 Å². The number of nitrogens with zero attached hydrogens (tertiary/aromatic N) is 2. The number of carbonyl (C=O) groups excluding carboxylic acids is 1. The average Bonchev–Trinajstić information content (AvgIpc) is 2.72. The van der Waals surface area contributed by atoms with E-state index < -0.39 is 6.10 Å². The van der Waals surface area contributed by atoms with Gasteiger partial charge in [-0.15, -0.1) is 0 Å². The number of likely N-dealkylation sites (N-methyl/N-ethyl adjacent to an activating group) is 1. The van der Waals surface area contributed by atoms with Gasteiger partial charge < -0.3 is 19.9 Å². The van der Waals surface area contributed by atoms with Gasteiger partial charge in [0.1, 0.15) is 5.75 Å². The molecule has 2 aromatic carbocycles. The van der Waals surface area contributed by atoms with Crippen LogP contribution in [0, 0.1) is 0 Å². The van der Waals surface area contributed by atoms with Gasteiger partial charge in [-0.05, 0) is 43.3 Å². The number of benzene rings is 2. The molecule has 1 aliphatic rings. The summed E-state index contributed by atoms with van der Waals surface area (Å²) < 4.78 is 5.80. The topological polar surface area (TPSA) is 44.8 Å². The predicted molar refractivity (Wildman–Crippen MR) is 114 cm³/mol. The first kappa shape index (κ1) is 20.5. The third-order valence-electron chi connectivity index (χ3n) is 5.04. The number of carbonyl (C=O) groups is 1. The SMILES string of the molecule is CC[C@@H](Oc1ccccc1Cl)C(=O)NCc1ccc(N2CCN(C)CC2)cc1. The molecule has 0 bridgehead atoms. The van der Waals surface area contributed by atoms with Gasteiger partial charge in [-0.3, -0.25) is 4.79 Å². The molecule has 0 saturated carbocycles. The Bertz CT molecular complexity index is 774. The maximum absolute atomic E-state index is 12.5. The molecule has 5 nitrogen and oxygen atoms in total. The van der Waals surface area contributed by atoms with Crippen LogP contribution >= 0.6 is 11.6 Å². The van der Waals surface area contributed by atoms with Crippen LogP contribution in [0.2, 0.25) is 5.02 Å². The lowest BCUT2D eigenvalue weighted by atomic mass is 10.1. The van der Waals surface area contributed by atoms with Gasteiger partial charge in [-0.2, -0.15) is 0 Å². The maximum Gasteiger partial charge on any atom is 0.261 e. The second-order valence-corrected chi connectivity index (χ2v) is 7.53. The number of rotatable bonds is 7. The Morgan fingerprint density at radius 2 is 1.79 bits per heavy atom. The molecule has 6 heteroatoms. The minimum Gasteiger partial charge on any atom is -0.479 e. The highest BCUT2D eigenvalue weighted by Crippen LogP contribution is 2.25. The number of piperazine rings is 1. The smallest absolute Gasteiger partial charge is 0.261 e. The molecule has 28 heavy (non-hydrogen) atoms. The normalized spacial score (nSPS) is 15.9. The van der Waals surface area contributed by atoms with Crippen molar-refractivity contribution in [3.63, 3.8) is 0 Å². The summed E-state index contributed by atoms with van der Waals surface area (Å²) in [6, 6.07) is 15.6. The van der Waals surface area contributed by atoms with Crippen molar-refractivity contribution in [1.29, 1.82) is 0 Å². The van der Waals surface area contributed by atoms with E-state index in [0.29, 0.717) is 23.7 Å². The van der Waals surface area contributed by atoms with Crippen LogP contribution in [-0.2, 0) is 11.3 Å². The molecule has 1 atom stereocenters. The summed E-state index contributed by atoms with van der Waals surface area (Å²) in [6.07, 6.45) is 0.00358. The zero-order valence-electron chi connectivity index (χ0n) is 16.5. The van der Waals surface area contributed by atoms with Crippen LogP contribution in [0.25, 0.3) is 0 Å². The molecule has 0 spiro atoms. The number of ether oxygens (including phenoxy) is 1. The first-order valence-electron chi connectivity index (χ1n) is 9.78. The zero-order valence-corrected chi connectivity index (χ0v) is 17.3. The summed E-state index contributed by atoms with van der Waals surface area (Å²) in [6.45, 7) is 6.66. The number of para-hydroxylation sites is 1. The van der Waals surface area contributed by atoms with E-state index in [1.165, 1.54) is 5.69 Å². The minimum absolute atomic E-state index is 0.134. The highest BCUT2D eigenvalue weighted by atomic mass is 35.5. The van der Waals surface area contributed by atoms with Crippen molar-refractivity contribution in [2.45, 2.75) is 26.0 Å². The first-order valence-corrected chi connectivity index (χ1v) is 10.2. The molecule has 0 aliphatic carbocycles. The van der Waals surface area contributed by atoms with Crippen LogP contribution in [0.15, 0.2) is 48.5 Å². The van der Waals surface area contributed by atoms with Crippen molar-refractivity contribution >= 4 is 23.2 Å². The fourth-order valence-corrected chi connectivity index (χ4v) is 3.39. The fourth-order valence-electron chi connectivity index (χ4n) is 3.21. The molecule has 1 heterocycles. The molecule has 1 aliphatic heterocycles. The van der Waals surface area contributed by atoms with Crippen molar-refractivity contribution < 1.29 is 9.53 Å². The van der Waals surface area contributed by atoms with Gasteiger partial charge in [0.25, 0.3) is 5.91 Å². The third kappa shape index (κ3) is 5.40. The van der Waals surface area contributed by atoms with Gasteiger partial charge in [-0.1, -0.05) is 42.8 Å². The molecular weight excluding hydrogens is 374 g/mol. The van der Waals surface area contributed by atoms with E-state index in [4.69, 9.17) is 16.3 Å². The number of amides is 1. The van der Waals surface area contributed by atoms with Gasteiger partial charge in [0, 0.05) is 38.4 Å². The van der Waals surface area contributed by atoms with E-state index in [1.54, 1.807) is 12.1 Å². The lowest BCUT2D eigenvalue weighted by molar-refractivity contribution is -0.128. The Balaban J connectivity index is 1.52. The highest BCUT2D eigenvalue weighted by Gasteiger charge is 2.19. The molecule has 1 N–H and O–H groups in total. The molecule has 150 valence electrons. The monoisotopic (exact) mass is 401 g/mol. The molecule has 1 amide bonds. The standard InChI is InChI=1S/C22H28ClN3O2/c1-3-20(28-21-7-5-4-6-19(21)23)22(27)24-16-17-8-10-18(11-9-17)26-14-12-25(2)13-15-26/h4-11,20H,3,12-16H2,1-2H3,(H,24,27)/t20-/m1/s1. The molecular formula is C22H28ClN3O2. The van der Waals surface area contributed by atoms with Crippen LogP contribution in [0.1, 0.15) is 18.9 Å². The van der Waals surface area contributed by atoms with Crippen molar-refractivity contribution in [2.24, 2.45) is 0 Å². The largest absolute Gasteiger partial charge is 0.479 e. The first-order chi connectivity index (χ1) is 13.6. The minimum atomic E-state index is -0.565. The van der Waals surface area contributed by atoms with Gasteiger partial charge in [0.15, 0.2) is 6.10 Å². The van der Waals surface area contributed by atoms with Gasteiger partial charge >= 0.3 is 0 Å². The Morgan fingerprint density at radius 1 is 1.11 bits per heavy atom. The van der Waals surface area contributed by atoms with Crippen molar-refractivity contribution in [3.05, 3.63) is 59.1 Å². The van der Waals surface area contributed by atoms with Crippen LogP contribution in [0.5, 0.6) is 5.75 Å². The summed E-state index contributed by atoms with van der Waals surface area (Å²) in [5.41, 5.74) is 2.30. The van der Waals surface area contributed by atoms with Crippen molar-refractivity contribution in [2.75, 3.05) is 38.1 Å². The second kappa shape index (κ2) is 9.80. The van der Waals surface area contributed by atoms with Crippen molar-refractivity contribution in [3.8, 4) is 5.75 Å². The molecule has 2 aromatic rings. The number of anilines is 1. The van der Waals surface area contributed by atoms with Crippen LogP contribution in [0.3, 0.4) is 0 Å². The van der Waals surface area contributed by atoms with Gasteiger partial charge in [-0.25, -0.2) is 0 Å². The van der Waals surface area contributed by atoms with Crippen molar-refractivity contribution in [1.82, 2.24) is 10.2 Å². The van der Waals surface area contributed by atoms with E-state index in [0.717, 1.165) is 31.7 Å². The second-order valence-electron chi connectivity index (χ2n) is 7.12. The molecule has 0 aromatic heterocycles. The molecule has 0 radical (unpaired) electrons. The third-order valence-corrected chi connectivity index (χ3v) is 5.35. The lowest BCUT2D eigenvalue weighted by Crippen LogP contribution is -2.44. The van der Waals surface area contributed by atoms with E-state index in [-0.39, 0.29) is 5.91 Å². The number of nitrogens with one attached hydrogen (secondary N) is 1. The van der Waals surface area contributed by atoms with E-state index >= 15 is 0 Å². The lowest BCUT2D eigenvalue weighted by Gasteiger charge is -2.34. The van der Waals surface area contributed by atoms with Crippen LogP contribution in [-0.4, -0.2) is 50.1 Å². The number of hydrogen-bond acceptors (Lipinski definition) is 4. The van der Waals surface area contributed by atoms with E-state index in [9.17, 15) is 4.79 Å². The molecule has 0 unspecified atom stereocenters. The Labute approximate surface area is 172 Å². The summed E-state index contributed by atoms with van der Waals surface area (Å²) in [5, 5.41) is 3.47. The fraction of sp³-hybridized carbons (Fsp3) is 0.409. The summed E-state index contributed by atoms with van der Waals surface area (Å²) in [7, 11) is 2.15. The van der Waals surface area contributed by atoms with Crippen LogP contribution < -0.4 is 15.0 Å². The Hall–Kier alpha value is -2.24. The number of hydrogen-bond donors (Lipinski definition) is 1.